The Kier molecular flexibility index (Phi) is 4.06. The van der Waals surface area contributed by atoms with E-state index in [4.69, 9.17) is 16.2 Å². The zero-order chi connectivity index (χ0) is 10.4. The maximum Gasteiger partial charge on any atom is 0.548 e. The number of rotatable bonds is 5. The van der Waals surface area contributed by atoms with Crippen molar-refractivity contribution in [2.24, 2.45) is 11.6 Å². The third-order valence-corrected chi connectivity index (χ3v) is 2.48. The summed E-state index contributed by atoms with van der Waals surface area (Å²) < 4.78 is 25.0. The van der Waals surface area contributed by atoms with Gasteiger partial charge in [0.15, 0.2) is 0 Å². The largest absolute Gasteiger partial charge is 0.548 e. The monoisotopic (exact) mass is 218 g/mol. The topological polar surface area (TPSA) is 96.8 Å². The number of para-hydroxylation sites is 1. The zero-order valence-electron chi connectivity index (χ0n) is 7.33. The van der Waals surface area contributed by atoms with Crippen LogP contribution in [-0.2, 0) is 13.7 Å². The van der Waals surface area contributed by atoms with Crippen LogP contribution in [0.1, 0.15) is 0 Å². The molecule has 0 bridgehead atoms. The molecular weight excluding hydrogens is 207 g/mol. The predicted molar refractivity (Wildman–Crippen MR) is 50.1 cm³/mol. The van der Waals surface area contributed by atoms with Crippen LogP contribution in [0.5, 0.6) is 5.75 Å². The van der Waals surface area contributed by atoms with Gasteiger partial charge in [0.25, 0.3) is 0 Å². The van der Waals surface area contributed by atoms with Crippen LogP contribution in [0.4, 0.5) is 0 Å². The summed E-state index contributed by atoms with van der Waals surface area (Å²) in [4.78, 5) is 0. The molecule has 0 spiro atoms. The minimum absolute atomic E-state index is 0.304. The number of hydrogen-bond acceptors (Lipinski definition) is 6. The van der Waals surface area contributed by atoms with Gasteiger partial charge in [0.05, 0.1) is 0 Å². The van der Waals surface area contributed by atoms with E-state index in [1.807, 2.05) is 0 Å². The van der Waals surface area contributed by atoms with Crippen LogP contribution in [0.3, 0.4) is 0 Å². The quantitative estimate of drug-likeness (QED) is 0.434. The predicted octanol–water partition coefficient (Wildman–Crippen LogP) is 0.997. The normalized spacial score (nSPS) is 14.7. The van der Waals surface area contributed by atoms with Crippen molar-refractivity contribution in [3.8, 4) is 5.75 Å². The number of phosphoric acid groups is 1. The van der Waals surface area contributed by atoms with Gasteiger partial charge < -0.3 is 10.3 Å². The van der Waals surface area contributed by atoms with Crippen LogP contribution >= 0.6 is 7.82 Å². The minimum atomic E-state index is -3.77. The molecule has 0 amide bonds. The first-order chi connectivity index (χ1) is 6.70. The van der Waals surface area contributed by atoms with Gasteiger partial charge in [-0.25, -0.2) is 10.5 Å². The summed E-state index contributed by atoms with van der Waals surface area (Å²) in [5, 5.41) is 0. The fourth-order valence-corrected chi connectivity index (χ4v) is 1.50. The fraction of sp³-hybridized carbons (Fsp3) is 0.143. The lowest BCUT2D eigenvalue weighted by Crippen LogP contribution is -2.11. The van der Waals surface area contributed by atoms with Gasteiger partial charge in [-0.3, -0.25) is 4.52 Å². The van der Waals surface area contributed by atoms with E-state index < -0.39 is 7.82 Å². The second-order valence-electron chi connectivity index (χ2n) is 2.25. The number of phosphoric ester groups is 1. The molecule has 0 aromatic heterocycles. The average Bonchev–Trinajstić information content (AvgIpc) is 2.20. The van der Waals surface area contributed by atoms with Crippen LogP contribution in [0.2, 0.25) is 0 Å². The summed E-state index contributed by atoms with van der Waals surface area (Å²) in [5.74, 6) is 5.10. The molecule has 78 valence electrons. The molecule has 1 unspecified atom stereocenters. The lowest BCUT2D eigenvalue weighted by atomic mass is 10.3. The zero-order valence-corrected chi connectivity index (χ0v) is 8.22. The molecule has 0 aliphatic rings. The van der Waals surface area contributed by atoms with Gasteiger partial charge in [0.2, 0.25) is 0 Å². The number of benzene rings is 1. The van der Waals surface area contributed by atoms with Crippen molar-refractivity contribution in [3.05, 3.63) is 30.3 Å². The molecule has 0 saturated carbocycles. The maximum atomic E-state index is 11.5. The van der Waals surface area contributed by atoms with Crippen molar-refractivity contribution in [3.63, 3.8) is 0 Å². The van der Waals surface area contributed by atoms with E-state index in [1.165, 1.54) is 0 Å². The highest BCUT2D eigenvalue weighted by Crippen LogP contribution is 2.47. The molecule has 0 fully saturated rings. The van der Waals surface area contributed by atoms with E-state index in [9.17, 15) is 4.57 Å². The Labute approximate surface area is 81.3 Å². The standard InChI is InChI=1S/C7H11N2O4P/c8-6-11-14(10,13-9)12-7-4-2-1-3-5-7/h1-5H,6,8-9H2. The molecule has 0 saturated heterocycles. The Balaban J connectivity index is 2.71. The molecule has 1 aromatic rings. The average molecular weight is 218 g/mol. The molecule has 7 heteroatoms. The molecule has 0 aliphatic heterocycles. The molecule has 1 rings (SSSR count). The van der Waals surface area contributed by atoms with Crippen LogP contribution in [0.15, 0.2) is 30.3 Å². The van der Waals surface area contributed by atoms with Gasteiger partial charge in [-0.2, -0.15) is 4.62 Å². The van der Waals surface area contributed by atoms with Gasteiger partial charge in [0, 0.05) is 0 Å². The molecule has 0 aliphatic carbocycles. The molecule has 4 N–H and O–H groups in total. The lowest BCUT2D eigenvalue weighted by molar-refractivity contribution is 0.160. The Hall–Kier alpha value is -0.910. The second kappa shape index (κ2) is 5.09. The molecule has 6 nitrogen and oxygen atoms in total. The Bertz CT molecular complexity index is 319. The summed E-state index contributed by atoms with van der Waals surface area (Å²) >= 11 is 0. The van der Waals surface area contributed by atoms with E-state index >= 15 is 0 Å². The van der Waals surface area contributed by atoms with Crippen LogP contribution in [0.25, 0.3) is 0 Å². The minimum Gasteiger partial charge on any atom is -0.403 e. The highest BCUT2D eigenvalue weighted by molar-refractivity contribution is 7.48. The summed E-state index contributed by atoms with van der Waals surface area (Å²) in [5.41, 5.74) is 5.03. The molecule has 1 aromatic carbocycles. The van der Waals surface area contributed by atoms with Gasteiger partial charge >= 0.3 is 7.82 Å². The van der Waals surface area contributed by atoms with Crippen molar-refractivity contribution in [1.82, 2.24) is 0 Å². The maximum absolute atomic E-state index is 11.5. The Morgan fingerprint density at radius 2 is 1.93 bits per heavy atom. The van der Waals surface area contributed by atoms with E-state index in [1.54, 1.807) is 30.3 Å². The van der Waals surface area contributed by atoms with Gasteiger partial charge in [-0.1, -0.05) is 18.2 Å². The summed E-state index contributed by atoms with van der Waals surface area (Å²) in [6, 6.07) is 8.37. The lowest BCUT2D eigenvalue weighted by Gasteiger charge is -2.14. The van der Waals surface area contributed by atoms with Crippen molar-refractivity contribution in [1.29, 1.82) is 0 Å². The van der Waals surface area contributed by atoms with E-state index in [0.717, 1.165) is 0 Å². The molecule has 1 atom stereocenters. The third-order valence-electron chi connectivity index (χ3n) is 1.32. The van der Waals surface area contributed by atoms with Crippen molar-refractivity contribution in [2.75, 3.05) is 6.73 Å². The molecular formula is C7H11N2O4P. The molecule has 0 radical (unpaired) electrons. The van der Waals surface area contributed by atoms with Gasteiger partial charge in [0.1, 0.15) is 12.5 Å². The number of nitrogens with two attached hydrogens (primary N) is 2. The van der Waals surface area contributed by atoms with E-state index in [0.29, 0.717) is 5.75 Å². The van der Waals surface area contributed by atoms with E-state index in [2.05, 4.69) is 9.15 Å². The first kappa shape index (κ1) is 11.2. The summed E-state index contributed by atoms with van der Waals surface area (Å²) in [7, 11) is -3.77. The Morgan fingerprint density at radius 1 is 1.29 bits per heavy atom. The number of hydrogen-bond donors (Lipinski definition) is 2. The summed E-state index contributed by atoms with van der Waals surface area (Å²) in [6.45, 7) is -0.304. The van der Waals surface area contributed by atoms with Crippen molar-refractivity contribution in [2.45, 2.75) is 0 Å². The van der Waals surface area contributed by atoms with Gasteiger partial charge in [-0.05, 0) is 12.1 Å². The highest BCUT2D eigenvalue weighted by atomic mass is 31.2. The SMILES string of the molecule is NCOP(=O)(ON)Oc1ccccc1. The van der Waals surface area contributed by atoms with Crippen LogP contribution in [0, 0.1) is 0 Å². The smallest absolute Gasteiger partial charge is 0.403 e. The van der Waals surface area contributed by atoms with Crippen LogP contribution in [-0.4, -0.2) is 6.73 Å². The van der Waals surface area contributed by atoms with Crippen LogP contribution < -0.4 is 16.2 Å². The Morgan fingerprint density at radius 3 is 2.43 bits per heavy atom. The van der Waals surface area contributed by atoms with Gasteiger partial charge in [-0.15, -0.1) is 0 Å². The first-order valence-corrected chi connectivity index (χ1v) is 5.24. The fourth-order valence-electron chi connectivity index (χ4n) is 0.780. The molecule has 14 heavy (non-hydrogen) atoms. The second-order valence-corrected chi connectivity index (χ2v) is 3.80. The van der Waals surface area contributed by atoms with Crippen molar-refractivity contribution >= 4 is 7.82 Å². The first-order valence-electron chi connectivity index (χ1n) is 3.78. The highest BCUT2D eigenvalue weighted by Gasteiger charge is 2.27. The van der Waals surface area contributed by atoms with E-state index in [-0.39, 0.29) is 6.73 Å². The van der Waals surface area contributed by atoms with Crippen molar-refractivity contribution < 1.29 is 18.2 Å². The molecule has 0 heterocycles. The third kappa shape index (κ3) is 3.10. The summed E-state index contributed by atoms with van der Waals surface area (Å²) in [6.07, 6.45) is 0.